The van der Waals surface area contributed by atoms with Gasteiger partial charge in [0, 0.05) is 25.2 Å². The Balaban J connectivity index is 1.49. The first-order valence-electron chi connectivity index (χ1n) is 10.4. The molecular weight excluding hydrogens is 388 g/mol. The van der Waals surface area contributed by atoms with Crippen molar-refractivity contribution in [3.63, 3.8) is 0 Å². The summed E-state index contributed by atoms with van der Waals surface area (Å²) < 4.78 is 6.93. The Morgan fingerprint density at radius 3 is 2.53 bits per heavy atom. The van der Waals surface area contributed by atoms with Crippen LogP contribution in [0, 0.1) is 23.2 Å². The summed E-state index contributed by atoms with van der Waals surface area (Å²) in [5, 5.41) is 16.6. The normalized spacial score (nSPS) is 20.3. The summed E-state index contributed by atoms with van der Waals surface area (Å²) in [4.78, 5) is 38.0. The molecule has 1 saturated heterocycles. The molecule has 2 heterocycles. The van der Waals surface area contributed by atoms with Gasteiger partial charge in [-0.05, 0) is 44.4 Å². The van der Waals surface area contributed by atoms with Crippen LogP contribution < -0.4 is 11.1 Å². The Hall–Kier alpha value is -3.09. The van der Waals surface area contributed by atoms with E-state index in [1.165, 1.54) is 6.20 Å². The van der Waals surface area contributed by atoms with Crippen molar-refractivity contribution in [1.29, 1.82) is 5.26 Å². The Labute approximate surface area is 174 Å². The highest BCUT2D eigenvalue weighted by molar-refractivity contribution is 6.02. The number of primary amides is 1. The summed E-state index contributed by atoms with van der Waals surface area (Å²) in [6.45, 7) is 1.30. The molecule has 1 aromatic rings. The Kier molecular flexibility index (Phi) is 5.37. The van der Waals surface area contributed by atoms with Crippen molar-refractivity contribution in [2.45, 2.75) is 50.5 Å². The predicted molar refractivity (Wildman–Crippen MR) is 105 cm³/mol. The zero-order valence-electron chi connectivity index (χ0n) is 16.8. The van der Waals surface area contributed by atoms with E-state index in [-0.39, 0.29) is 35.7 Å². The van der Waals surface area contributed by atoms with Gasteiger partial charge in [0.15, 0.2) is 5.82 Å². The highest BCUT2D eigenvalue weighted by Crippen LogP contribution is 2.36. The fraction of sp³-hybridized carbons (Fsp3) is 0.650. The zero-order chi connectivity index (χ0) is 21.3. The van der Waals surface area contributed by atoms with Crippen LogP contribution in [0.2, 0.25) is 0 Å². The number of nitrogens with two attached hydrogens (primary N) is 1. The second kappa shape index (κ2) is 7.97. The van der Waals surface area contributed by atoms with E-state index in [4.69, 9.17) is 10.5 Å². The first kappa shape index (κ1) is 20.2. The zero-order valence-corrected chi connectivity index (χ0v) is 16.8. The van der Waals surface area contributed by atoms with Crippen LogP contribution in [0.5, 0.6) is 0 Å². The van der Waals surface area contributed by atoms with Gasteiger partial charge >= 0.3 is 6.09 Å². The minimum absolute atomic E-state index is 0.0474. The quantitative estimate of drug-likeness (QED) is 0.693. The van der Waals surface area contributed by atoms with Crippen LogP contribution in [-0.2, 0) is 15.1 Å². The molecule has 3 aliphatic rings. The molecule has 30 heavy (non-hydrogen) atoms. The Morgan fingerprint density at radius 2 is 1.97 bits per heavy atom. The smallest absolute Gasteiger partial charge is 0.409 e. The lowest BCUT2D eigenvalue weighted by molar-refractivity contribution is -0.117. The second-order valence-corrected chi connectivity index (χ2v) is 8.53. The van der Waals surface area contributed by atoms with Crippen LogP contribution in [0.3, 0.4) is 0 Å². The van der Waals surface area contributed by atoms with E-state index in [1.807, 2.05) is 0 Å². The summed E-state index contributed by atoms with van der Waals surface area (Å²) in [6, 6.07) is 2.20. The number of anilines is 1. The van der Waals surface area contributed by atoms with Crippen molar-refractivity contribution >= 4 is 23.7 Å². The summed E-state index contributed by atoms with van der Waals surface area (Å²) in [5.41, 5.74) is 4.92. The number of rotatable bonds is 7. The van der Waals surface area contributed by atoms with Gasteiger partial charge in [-0.1, -0.05) is 0 Å². The van der Waals surface area contributed by atoms with Crippen LogP contribution in [0.1, 0.15) is 55.3 Å². The van der Waals surface area contributed by atoms with E-state index in [1.54, 1.807) is 9.58 Å². The lowest BCUT2D eigenvalue weighted by atomic mass is 9.85. The number of aromatic nitrogens is 2. The van der Waals surface area contributed by atoms with E-state index in [9.17, 15) is 19.6 Å². The number of likely N-dealkylation sites (tertiary alicyclic amines) is 1. The second-order valence-electron chi connectivity index (χ2n) is 8.53. The summed E-state index contributed by atoms with van der Waals surface area (Å²) in [7, 11) is 0. The molecule has 0 atom stereocenters. The fourth-order valence-electron chi connectivity index (χ4n) is 3.76. The number of nitrogens with one attached hydrogen (secondary N) is 1. The molecule has 1 aromatic heterocycles. The maximum atomic E-state index is 12.3. The maximum absolute atomic E-state index is 12.3. The van der Waals surface area contributed by atoms with Crippen molar-refractivity contribution < 1.29 is 19.1 Å². The minimum atomic E-state index is -0.694. The fourth-order valence-corrected chi connectivity index (χ4v) is 3.76. The SMILES string of the molecule is N#CCC1(n2cc(C(N)=O)c(NC(=O)C3CC3)n2)CCN(C(=O)OCC2CC2)CC1. The van der Waals surface area contributed by atoms with Gasteiger partial charge in [-0.2, -0.15) is 10.4 Å². The van der Waals surface area contributed by atoms with E-state index in [2.05, 4.69) is 16.5 Å². The average Bonchev–Trinajstić information content (AvgIpc) is 3.64. The van der Waals surface area contributed by atoms with E-state index >= 15 is 0 Å². The largest absolute Gasteiger partial charge is 0.449 e. The van der Waals surface area contributed by atoms with Crippen molar-refractivity contribution in [2.75, 3.05) is 25.0 Å². The average molecular weight is 414 g/mol. The molecule has 2 aliphatic carbocycles. The first-order valence-corrected chi connectivity index (χ1v) is 10.4. The summed E-state index contributed by atoms with van der Waals surface area (Å²) in [6.07, 6.45) is 6.16. The van der Waals surface area contributed by atoms with Crippen LogP contribution in [-0.4, -0.2) is 52.3 Å². The summed E-state index contributed by atoms with van der Waals surface area (Å²) in [5.74, 6) is -0.292. The van der Waals surface area contributed by atoms with Gasteiger partial charge < -0.3 is 20.7 Å². The van der Waals surface area contributed by atoms with E-state index < -0.39 is 11.4 Å². The molecule has 3 N–H and O–H groups in total. The van der Waals surface area contributed by atoms with Gasteiger partial charge in [-0.15, -0.1) is 0 Å². The van der Waals surface area contributed by atoms with Gasteiger partial charge in [0.25, 0.3) is 5.91 Å². The molecule has 160 valence electrons. The third-order valence-electron chi connectivity index (χ3n) is 6.16. The van der Waals surface area contributed by atoms with Crippen LogP contribution >= 0.6 is 0 Å². The molecule has 10 nitrogen and oxygen atoms in total. The Morgan fingerprint density at radius 1 is 1.27 bits per heavy atom. The predicted octanol–water partition coefficient (Wildman–Crippen LogP) is 1.58. The van der Waals surface area contributed by atoms with Gasteiger partial charge in [0.2, 0.25) is 5.91 Å². The van der Waals surface area contributed by atoms with Crippen molar-refractivity contribution in [1.82, 2.24) is 14.7 Å². The minimum Gasteiger partial charge on any atom is -0.449 e. The molecule has 0 unspecified atom stereocenters. The highest BCUT2D eigenvalue weighted by Gasteiger charge is 2.40. The molecule has 10 heteroatoms. The lowest BCUT2D eigenvalue weighted by Crippen LogP contribution is -2.48. The van der Waals surface area contributed by atoms with E-state index in [0.717, 1.165) is 25.7 Å². The highest BCUT2D eigenvalue weighted by atomic mass is 16.6. The monoisotopic (exact) mass is 414 g/mol. The standard InChI is InChI=1S/C20H26N6O4/c21-8-5-20(6-9-25(10-7-20)19(29)30-12-13-1-2-13)26-11-15(16(22)27)17(24-26)23-18(28)14-3-4-14/h11,13-14H,1-7,9-10,12H2,(H2,22,27)(H,23,24,28). The van der Waals surface area contributed by atoms with Crippen molar-refractivity contribution in [2.24, 2.45) is 17.6 Å². The maximum Gasteiger partial charge on any atom is 0.409 e. The molecule has 0 spiro atoms. The number of amides is 3. The van der Waals surface area contributed by atoms with Crippen LogP contribution in [0.25, 0.3) is 0 Å². The number of carbonyl (C=O) groups excluding carboxylic acids is 3. The number of nitriles is 1. The van der Waals surface area contributed by atoms with Crippen LogP contribution in [0.15, 0.2) is 6.20 Å². The summed E-state index contributed by atoms with van der Waals surface area (Å²) >= 11 is 0. The van der Waals surface area contributed by atoms with Crippen molar-refractivity contribution in [3.05, 3.63) is 11.8 Å². The topological polar surface area (TPSA) is 143 Å². The lowest BCUT2D eigenvalue weighted by Gasteiger charge is -2.40. The number of piperidine rings is 1. The molecule has 3 amide bonds. The molecule has 0 bridgehead atoms. The van der Waals surface area contributed by atoms with Gasteiger partial charge in [-0.25, -0.2) is 4.79 Å². The van der Waals surface area contributed by atoms with Gasteiger partial charge in [0.1, 0.15) is 5.56 Å². The van der Waals surface area contributed by atoms with E-state index in [0.29, 0.717) is 38.5 Å². The molecule has 3 fully saturated rings. The number of hydrogen-bond donors (Lipinski definition) is 2. The molecule has 2 saturated carbocycles. The molecule has 4 rings (SSSR count). The van der Waals surface area contributed by atoms with Gasteiger partial charge in [-0.3, -0.25) is 14.3 Å². The first-order chi connectivity index (χ1) is 14.4. The Bertz CT molecular complexity index is 888. The molecule has 0 aromatic carbocycles. The van der Waals surface area contributed by atoms with Crippen molar-refractivity contribution in [3.8, 4) is 6.07 Å². The third kappa shape index (κ3) is 4.25. The molecule has 1 aliphatic heterocycles. The number of carbonyl (C=O) groups is 3. The number of nitrogens with zero attached hydrogens (tertiary/aromatic N) is 4. The number of hydrogen-bond acceptors (Lipinski definition) is 6. The number of ether oxygens (including phenoxy) is 1. The molecule has 0 radical (unpaired) electrons. The third-order valence-corrected chi connectivity index (χ3v) is 6.16. The van der Waals surface area contributed by atoms with Crippen LogP contribution in [0.4, 0.5) is 10.6 Å². The molecular formula is C20H26N6O4. The van der Waals surface area contributed by atoms with Gasteiger partial charge in [0.05, 0.1) is 24.6 Å².